The molecule has 1 aliphatic heterocycles. The van der Waals surface area contributed by atoms with Gasteiger partial charge < -0.3 is 10.6 Å². The predicted octanol–water partition coefficient (Wildman–Crippen LogP) is 3.39. The number of hydrogen-bond acceptors (Lipinski definition) is 5. The summed E-state index contributed by atoms with van der Waals surface area (Å²) in [6.45, 7) is 3.41. The fourth-order valence-electron chi connectivity index (χ4n) is 2.84. The lowest BCUT2D eigenvalue weighted by atomic mass is 9.89. The molecule has 0 amide bonds. The van der Waals surface area contributed by atoms with Gasteiger partial charge in [-0.2, -0.15) is 0 Å². The Bertz CT molecular complexity index is 541. The van der Waals surface area contributed by atoms with E-state index >= 15 is 0 Å². The highest BCUT2D eigenvalue weighted by Crippen LogP contribution is 2.27. The molecule has 2 N–H and O–H groups in total. The molecule has 0 unspecified atom stereocenters. The van der Waals surface area contributed by atoms with E-state index in [4.69, 9.17) is 5.73 Å². The number of benzene rings is 1. The molecule has 122 valence electrons. The van der Waals surface area contributed by atoms with Gasteiger partial charge in [-0.15, -0.1) is 35.0 Å². The number of aromatic nitrogens is 2. The smallest absolute Gasteiger partial charge is 0.203 e. The second-order valence-corrected chi connectivity index (χ2v) is 6.40. The van der Waals surface area contributed by atoms with Crippen LogP contribution in [0.15, 0.2) is 30.3 Å². The van der Waals surface area contributed by atoms with Gasteiger partial charge in [0, 0.05) is 13.0 Å². The SMILES string of the molecule is Cl.Cl.Nc1nnc(CCN2CCC(c3ccccc3)CC2)s1. The van der Waals surface area contributed by atoms with E-state index in [1.165, 1.54) is 42.8 Å². The lowest BCUT2D eigenvalue weighted by molar-refractivity contribution is 0.214. The number of hydrogen-bond donors (Lipinski definition) is 1. The van der Waals surface area contributed by atoms with Crippen LogP contribution in [-0.2, 0) is 6.42 Å². The molecule has 2 heterocycles. The largest absolute Gasteiger partial charge is 0.374 e. The fraction of sp³-hybridized carbons (Fsp3) is 0.467. The van der Waals surface area contributed by atoms with Gasteiger partial charge in [0.1, 0.15) is 5.01 Å². The summed E-state index contributed by atoms with van der Waals surface area (Å²) in [7, 11) is 0. The van der Waals surface area contributed by atoms with Crippen LogP contribution in [-0.4, -0.2) is 34.7 Å². The number of piperidine rings is 1. The summed E-state index contributed by atoms with van der Waals surface area (Å²) in [6, 6.07) is 10.9. The van der Waals surface area contributed by atoms with Crippen LogP contribution in [0.4, 0.5) is 5.13 Å². The fourth-order valence-corrected chi connectivity index (χ4v) is 3.43. The van der Waals surface area contributed by atoms with E-state index in [1.54, 1.807) is 0 Å². The van der Waals surface area contributed by atoms with Gasteiger partial charge in [0.15, 0.2) is 0 Å². The standard InChI is InChI=1S/C15H20N4S.2ClH/c16-15-18-17-14(20-15)8-11-19-9-6-13(7-10-19)12-4-2-1-3-5-12;;/h1-5,13H,6-11H2,(H2,16,18);2*1H. The summed E-state index contributed by atoms with van der Waals surface area (Å²) in [6.07, 6.45) is 3.47. The first-order valence-electron chi connectivity index (χ1n) is 7.16. The zero-order valence-electron chi connectivity index (χ0n) is 12.4. The lowest BCUT2D eigenvalue weighted by Crippen LogP contribution is -2.34. The van der Waals surface area contributed by atoms with E-state index in [1.807, 2.05) is 0 Å². The quantitative estimate of drug-likeness (QED) is 0.907. The van der Waals surface area contributed by atoms with Crippen LogP contribution in [0, 0.1) is 0 Å². The van der Waals surface area contributed by atoms with Gasteiger partial charge in [0.2, 0.25) is 5.13 Å². The molecule has 0 aliphatic carbocycles. The van der Waals surface area contributed by atoms with Crippen molar-refractivity contribution in [2.75, 3.05) is 25.4 Å². The molecule has 22 heavy (non-hydrogen) atoms. The summed E-state index contributed by atoms with van der Waals surface area (Å²) >= 11 is 1.50. The number of rotatable bonds is 4. The zero-order valence-corrected chi connectivity index (χ0v) is 14.8. The van der Waals surface area contributed by atoms with E-state index in [0.717, 1.165) is 23.9 Å². The Morgan fingerprint density at radius 1 is 1.09 bits per heavy atom. The van der Waals surface area contributed by atoms with E-state index in [-0.39, 0.29) is 24.8 Å². The first kappa shape index (κ1) is 19.2. The molecule has 0 bridgehead atoms. The van der Waals surface area contributed by atoms with Crippen LogP contribution < -0.4 is 5.73 Å². The summed E-state index contributed by atoms with van der Waals surface area (Å²) in [5.41, 5.74) is 7.09. The summed E-state index contributed by atoms with van der Waals surface area (Å²) < 4.78 is 0. The third-order valence-corrected chi connectivity index (χ3v) is 4.80. The number of nitrogen functional groups attached to an aromatic ring is 1. The highest BCUT2D eigenvalue weighted by atomic mass is 35.5. The highest BCUT2D eigenvalue weighted by Gasteiger charge is 2.20. The molecular weight excluding hydrogens is 339 g/mol. The van der Waals surface area contributed by atoms with Crippen LogP contribution >= 0.6 is 36.2 Å². The molecule has 1 saturated heterocycles. The number of anilines is 1. The van der Waals surface area contributed by atoms with E-state index < -0.39 is 0 Å². The first-order valence-corrected chi connectivity index (χ1v) is 7.98. The molecule has 7 heteroatoms. The Morgan fingerprint density at radius 3 is 2.36 bits per heavy atom. The number of nitrogens with two attached hydrogens (primary N) is 1. The zero-order chi connectivity index (χ0) is 13.8. The molecule has 1 aromatic carbocycles. The van der Waals surface area contributed by atoms with Gasteiger partial charge in [-0.1, -0.05) is 41.7 Å². The van der Waals surface area contributed by atoms with Gasteiger partial charge in [-0.25, -0.2) is 0 Å². The first-order chi connectivity index (χ1) is 9.81. The van der Waals surface area contributed by atoms with Gasteiger partial charge in [0.25, 0.3) is 0 Å². The molecule has 0 saturated carbocycles. The average Bonchev–Trinajstić information content (AvgIpc) is 2.92. The minimum absolute atomic E-state index is 0. The Kier molecular flexibility index (Phi) is 8.10. The van der Waals surface area contributed by atoms with Crippen molar-refractivity contribution in [3.8, 4) is 0 Å². The number of likely N-dealkylation sites (tertiary alicyclic amines) is 1. The van der Waals surface area contributed by atoms with Crippen molar-refractivity contribution >= 4 is 41.3 Å². The van der Waals surface area contributed by atoms with Crippen molar-refractivity contribution in [3.05, 3.63) is 40.9 Å². The van der Waals surface area contributed by atoms with Crippen LogP contribution in [0.25, 0.3) is 0 Å². The molecule has 0 atom stereocenters. The Balaban J connectivity index is 0.00000121. The molecule has 1 fully saturated rings. The lowest BCUT2D eigenvalue weighted by Gasteiger charge is -2.31. The molecule has 0 spiro atoms. The third-order valence-electron chi connectivity index (χ3n) is 3.98. The van der Waals surface area contributed by atoms with Gasteiger partial charge in [-0.05, 0) is 37.4 Å². The molecule has 1 aromatic heterocycles. The van der Waals surface area contributed by atoms with Crippen LogP contribution in [0.5, 0.6) is 0 Å². The highest BCUT2D eigenvalue weighted by molar-refractivity contribution is 7.15. The number of nitrogens with zero attached hydrogens (tertiary/aromatic N) is 3. The Hall–Kier alpha value is -0.880. The molecule has 4 nitrogen and oxygen atoms in total. The Morgan fingerprint density at radius 2 is 1.77 bits per heavy atom. The monoisotopic (exact) mass is 360 g/mol. The van der Waals surface area contributed by atoms with E-state index in [9.17, 15) is 0 Å². The molecule has 0 radical (unpaired) electrons. The van der Waals surface area contributed by atoms with Gasteiger partial charge in [-0.3, -0.25) is 0 Å². The minimum atomic E-state index is 0. The van der Waals surface area contributed by atoms with Crippen LogP contribution in [0.2, 0.25) is 0 Å². The molecule has 1 aliphatic rings. The predicted molar refractivity (Wildman–Crippen MR) is 97.4 cm³/mol. The second kappa shape index (κ2) is 9.30. The summed E-state index contributed by atoms with van der Waals surface area (Å²) in [5.74, 6) is 0.727. The van der Waals surface area contributed by atoms with Crippen molar-refractivity contribution in [1.82, 2.24) is 15.1 Å². The van der Waals surface area contributed by atoms with Gasteiger partial charge in [0.05, 0.1) is 0 Å². The summed E-state index contributed by atoms with van der Waals surface area (Å²) in [4.78, 5) is 2.52. The normalized spacial score (nSPS) is 15.8. The van der Waals surface area contributed by atoms with Crippen molar-refractivity contribution in [2.24, 2.45) is 0 Å². The maximum absolute atomic E-state index is 5.60. The number of halogens is 2. The van der Waals surface area contributed by atoms with Crippen molar-refractivity contribution in [1.29, 1.82) is 0 Å². The maximum Gasteiger partial charge on any atom is 0.203 e. The van der Waals surface area contributed by atoms with Crippen molar-refractivity contribution < 1.29 is 0 Å². The van der Waals surface area contributed by atoms with Crippen LogP contribution in [0.3, 0.4) is 0 Å². The van der Waals surface area contributed by atoms with Crippen molar-refractivity contribution in [3.63, 3.8) is 0 Å². The van der Waals surface area contributed by atoms with Crippen LogP contribution in [0.1, 0.15) is 29.3 Å². The molecular formula is C15H22Cl2N4S. The third kappa shape index (κ3) is 5.09. The summed E-state index contributed by atoms with van der Waals surface area (Å²) in [5, 5.41) is 9.56. The van der Waals surface area contributed by atoms with Gasteiger partial charge >= 0.3 is 0 Å². The van der Waals surface area contributed by atoms with E-state index in [2.05, 4.69) is 45.4 Å². The minimum Gasteiger partial charge on any atom is -0.374 e. The molecule has 3 rings (SSSR count). The maximum atomic E-state index is 5.60. The average molecular weight is 361 g/mol. The van der Waals surface area contributed by atoms with Crippen molar-refractivity contribution in [2.45, 2.75) is 25.2 Å². The molecule has 2 aromatic rings. The second-order valence-electron chi connectivity index (χ2n) is 5.31. The Labute approximate surface area is 147 Å². The topological polar surface area (TPSA) is 55.0 Å². The van der Waals surface area contributed by atoms with E-state index in [0.29, 0.717) is 5.13 Å².